The number of piperazine rings is 1. The van der Waals surface area contributed by atoms with Gasteiger partial charge in [0.2, 0.25) is 5.78 Å². The topological polar surface area (TPSA) is 64.7 Å². The normalized spacial score (nSPS) is 31.7. The number of anilines is 2. The SMILES string of the molecule is [2H]C1C2=C(C(=O)C(Nc3ccc(N4CCN(C)CC4)cc3)=CC2=O)N([2H])C([2H])([2H])C1([2H])[2H]. The average Bonchev–Trinajstić information content (AvgIpc) is 2.75. The van der Waals surface area contributed by atoms with Crippen LogP contribution in [-0.4, -0.2) is 56.2 Å². The van der Waals surface area contributed by atoms with Crippen molar-refractivity contribution in [1.29, 1.82) is 0 Å². The Bertz CT molecular complexity index is 1020. The molecule has 4 rings (SSSR count). The minimum atomic E-state index is -2.96. The maximum Gasteiger partial charge on any atom is 0.225 e. The second kappa shape index (κ2) is 6.96. The van der Waals surface area contributed by atoms with Gasteiger partial charge in [0.1, 0.15) is 0 Å². The second-order valence-corrected chi connectivity index (χ2v) is 6.49. The Labute approximate surface area is 162 Å². The summed E-state index contributed by atoms with van der Waals surface area (Å²) in [4.78, 5) is 30.2. The molecule has 0 saturated carbocycles. The van der Waals surface area contributed by atoms with E-state index in [9.17, 15) is 9.59 Å². The van der Waals surface area contributed by atoms with Crippen LogP contribution >= 0.6 is 0 Å². The molecule has 0 bridgehead atoms. The van der Waals surface area contributed by atoms with Crippen LogP contribution < -0.4 is 15.5 Å². The molecule has 1 aromatic carbocycles. The van der Waals surface area contributed by atoms with Crippen LogP contribution in [0.25, 0.3) is 0 Å². The van der Waals surface area contributed by atoms with Gasteiger partial charge in [-0.05, 0) is 44.1 Å². The van der Waals surface area contributed by atoms with E-state index in [0.717, 1.165) is 37.9 Å². The number of carbonyl (C=O) groups excluding carboxylic acids is 2. The largest absolute Gasteiger partial charge is 0.381 e. The van der Waals surface area contributed by atoms with Crippen LogP contribution in [-0.2, 0) is 9.59 Å². The van der Waals surface area contributed by atoms with Crippen molar-refractivity contribution < 1.29 is 17.9 Å². The highest BCUT2D eigenvalue weighted by Crippen LogP contribution is 2.26. The number of nitrogens with zero attached hydrogens (tertiary/aromatic N) is 2. The summed E-state index contributed by atoms with van der Waals surface area (Å²) in [5.41, 5.74) is 0.317. The molecule has 6 heteroatoms. The van der Waals surface area contributed by atoms with E-state index in [0.29, 0.717) is 5.69 Å². The summed E-state index contributed by atoms with van der Waals surface area (Å²) < 4.78 is 47.7. The third-order valence-corrected chi connectivity index (χ3v) is 4.72. The first-order valence-electron chi connectivity index (χ1n) is 11.5. The summed E-state index contributed by atoms with van der Waals surface area (Å²) in [5.74, 6) is -1.61. The third kappa shape index (κ3) is 3.24. The zero-order chi connectivity index (χ0) is 23.4. The lowest BCUT2D eigenvalue weighted by molar-refractivity contribution is -0.116. The van der Waals surface area contributed by atoms with Gasteiger partial charge in [0, 0.05) is 62.6 Å². The van der Waals surface area contributed by atoms with E-state index in [4.69, 9.17) is 8.27 Å². The zero-order valence-corrected chi connectivity index (χ0v) is 14.5. The van der Waals surface area contributed by atoms with E-state index in [2.05, 4.69) is 22.2 Å². The van der Waals surface area contributed by atoms with E-state index >= 15 is 0 Å². The Morgan fingerprint density at radius 3 is 2.62 bits per heavy atom. The molecule has 1 unspecified atom stereocenters. The van der Waals surface area contributed by atoms with Crippen LogP contribution in [0.5, 0.6) is 0 Å². The Morgan fingerprint density at radius 1 is 1.15 bits per heavy atom. The summed E-state index contributed by atoms with van der Waals surface area (Å²) in [7, 11) is 2.08. The van der Waals surface area contributed by atoms with Crippen molar-refractivity contribution >= 4 is 22.9 Å². The number of hydrogen-bond donors (Lipinski definition) is 2. The molecule has 0 radical (unpaired) electrons. The molecule has 26 heavy (non-hydrogen) atoms. The van der Waals surface area contributed by atoms with Crippen molar-refractivity contribution in [2.45, 2.75) is 12.8 Å². The Hall–Kier alpha value is -2.60. The van der Waals surface area contributed by atoms with Crippen LogP contribution in [0.4, 0.5) is 11.4 Å². The van der Waals surface area contributed by atoms with Crippen LogP contribution in [0, 0.1) is 0 Å². The van der Waals surface area contributed by atoms with Crippen molar-refractivity contribution in [1.82, 2.24) is 10.2 Å². The molecule has 2 aliphatic heterocycles. The molecule has 1 fully saturated rings. The molecule has 2 heterocycles. The molecule has 3 aliphatic rings. The smallest absolute Gasteiger partial charge is 0.225 e. The second-order valence-electron chi connectivity index (χ2n) is 6.49. The molecule has 0 aromatic heterocycles. The summed E-state index contributed by atoms with van der Waals surface area (Å²) in [6.07, 6.45) is -3.78. The average molecular weight is 358 g/mol. The molecule has 1 atom stereocenters. The van der Waals surface area contributed by atoms with Crippen molar-refractivity contribution in [2.75, 3.05) is 49.9 Å². The van der Waals surface area contributed by atoms with Gasteiger partial charge in [-0.2, -0.15) is 0 Å². The van der Waals surface area contributed by atoms with Crippen molar-refractivity contribution in [3.05, 3.63) is 47.3 Å². The molecule has 0 amide bonds. The molecule has 1 aliphatic carbocycles. The molecule has 1 saturated heterocycles. The number of likely N-dealkylation sites (N-methyl/N-ethyl adjacent to an activating group) is 1. The summed E-state index contributed by atoms with van der Waals surface area (Å²) in [6, 6.07) is 7.33. The van der Waals surface area contributed by atoms with Crippen LogP contribution in [0.3, 0.4) is 0 Å². The van der Waals surface area contributed by atoms with E-state index < -0.39 is 42.1 Å². The fourth-order valence-corrected chi connectivity index (χ4v) is 3.15. The number of nitrogens with one attached hydrogen (secondary N) is 2. The summed E-state index contributed by atoms with van der Waals surface area (Å²) in [6.45, 7) is 0.781. The number of carbonyl (C=O) groups is 2. The lowest BCUT2D eigenvalue weighted by atomic mass is 9.91. The van der Waals surface area contributed by atoms with Crippen molar-refractivity contribution in [3.63, 3.8) is 0 Å². The van der Waals surface area contributed by atoms with Gasteiger partial charge in [-0.15, -0.1) is 0 Å². The van der Waals surface area contributed by atoms with Gasteiger partial charge in [0.15, 0.2) is 7.20 Å². The Kier molecular flexibility index (Phi) is 2.99. The predicted octanol–water partition coefficient (Wildman–Crippen LogP) is 1.52. The third-order valence-electron chi connectivity index (χ3n) is 4.72. The minimum Gasteiger partial charge on any atom is -0.381 e. The van der Waals surface area contributed by atoms with Crippen molar-refractivity contribution in [3.8, 4) is 0 Å². The van der Waals surface area contributed by atoms with Crippen molar-refractivity contribution in [2.24, 2.45) is 0 Å². The molecular formula is C20H24N4O2. The number of benzene rings is 1. The minimum absolute atomic E-state index is 0.0960. The van der Waals surface area contributed by atoms with E-state index in [1.165, 1.54) is 0 Å². The Morgan fingerprint density at radius 2 is 1.88 bits per heavy atom. The quantitative estimate of drug-likeness (QED) is 0.799. The molecule has 6 nitrogen and oxygen atoms in total. The maximum atomic E-state index is 13.0. The monoisotopic (exact) mass is 358 g/mol. The highest BCUT2D eigenvalue weighted by Gasteiger charge is 2.30. The van der Waals surface area contributed by atoms with Gasteiger partial charge in [-0.3, -0.25) is 9.59 Å². The fourth-order valence-electron chi connectivity index (χ4n) is 3.15. The molecule has 1 aromatic rings. The van der Waals surface area contributed by atoms with E-state index in [1.54, 1.807) is 12.1 Å². The van der Waals surface area contributed by atoms with E-state index in [1.807, 2.05) is 12.1 Å². The number of allylic oxidation sites excluding steroid dienone is 2. The fraction of sp³-hybridized carbons (Fsp3) is 0.400. The lowest BCUT2D eigenvalue weighted by Crippen LogP contribution is -2.44. The summed E-state index contributed by atoms with van der Waals surface area (Å²) >= 11 is 0. The molecule has 0 spiro atoms. The Balaban J connectivity index is 1.56. The number of hydrogen-bond acceptors (Lipinski definition) is 6. The highest BCUT2D eigenvalue weighted by atomic mass is 16.1. The van der Waals surface area contributed by atoms with Gasteiger partial charge >= 0.3 is 0 Å². The lowest BCUT2D eigenvalue weighted by Gasteiger charge is -2.34. The van der Waals surface area contributed by atoms with Gasteiger partial charge < -0.3 is 20.4 Å². The zero-order valence-electron chi connectivity index (χ0n) is 20.5. The number of ketones is 2. The van der Waals surface area contributed by atoms with Gasteiger partial charge in [-0.1, -0.05) is 0 Å². The molecule has 2 N–H and O–H groups in total. The number of rotatable bonds is 3. The van der Waals surface area contributed by atoms with Gasteiger partial charge in [0.25, 0.3) is 0 Å². The standard InChI is InChI=1S/C20H24N4O2/c1-23-9-11-24(12-10-23)15-6-4-14(5-7-15)22-17-13-18(25)16-3-2-8-21-19(16)20(17)26/h4-7,13,21-22H,2-3,8-12H2,1H3/i2D2,3D,8D2/hD. The van der Waals surface area contributed by atoms with Gasteiger partial charge in [0.05, 0.1) is 11.4 Å². The van der Waals surface area contributed by atoms with Crippen LogP contribution in [0.1, 0.15) is 19.6 Å². The first kappa shape index (κ1) is 11.2. The van der Waals surface area contributed by atoms with Crippen LogP contribution in [0.2, 0.25) is 1.41 Å². The number of Topliss-reactive ketones (excluding diaryl/α,β-unsaturated/α-hetero) is 1. The maximum absolute atomic E-state index is 13.0. The molecule has 136 valence electrons. The summed E-state index contributed by atoms with van der Waals surface area (Å²) in [5, 5.41) is 2.95. The highest BCUT2D eigenvalue weighted by molar-refractivity contribution is 6.23. The van der Waals surface area contributed by atoms with Gasteiger partial charge in [-0.25, -0.2) is 0 Å². The predicted molar refractivity (Wildman–Crippen MR) is 102 cm³/mol. The van der Waals surface area contributed by atoms with E-state index in [-0.39, 0.29) is 11.0 Å². The first-order valence-corrected chi connectivity index (χ1v) is 8.52. The first-order chi connectivity index (χ1) is 14.9. The van der Waals surface area contributed by atoms with Crippen LogP contribution in [0.15, 0.2) is 47.3 Å². The molecular weight excluding hydrogens is 328 g/mol.